The Balaban J connectivity index is -0.000000832. The van der Waals surface area contributed by atoms with Gasteiger partial charge >= 0.3 is 6.09 Å². The molecule has 1 aliphatic rings. The van der Waals surface area contributed by atoms with Gasteiger partial charge in [-0.15, -0.1) is 0 Å². The lowest BCUT2D eigenvalue weighted by molar-refractivity contribution is 0.0976. The minimum absolute atomic E-state index is 0.0676. The summed E-state index contributed by atoms with van der Waals surface area (Å²) in [4.78, 5) is 31.1. The predicted octanol–water partition coefficient (Wildman–Crippen LogP) is 8.66. The first-order valence-corrected chi connectivity index (χ1v) is 20.7. The third kappa shape index (κ3) is 27.2. The molecule has 1 amide bonds. The summed E-state index contributed by atoms with van der Waals surface area (Å²) in [5.41, 5.74) is 3.80. The highest BCUT2D eigenvalue weighted by molar-refractivity contribution is 5.91. The average Bonchev–Trinajstić information content (AvgIpc) is 3.52. The molecule has 1 aliphatic heterocycles. The van der Waals surface area contributed by atoms with Gasteiger partial charge in [0.15, 0.2) is 0 Å². The van der Waals surface area contributed by atoms with Gasteiger partial charge in [-0.3, -0.25) is 9.89 Å². The number of hydrogen-bond acceptors (Lipinski definition) is 9. The smallest absolute Gasteiger partial charge is 0.410 e. The monoisotopic (exact) mass is 769 g/mol. The highest BCUT2D eigenvalue weighted by atomic mass is 16.6. The first-order valence-electron chi connectivity index (χ1n) is 20.7. The van der Waals surface area contributed by atoms with Crippen LogP contribution in [0.3, 0.4) is 0 Å². The maximum atomic E-state index is 12.3. The zero-order valence-corrected chi connectivity index (χ0v) is 37.1. The molecular formula is C44H80N8O3. The number of likely N-dealkylation sites (N-methyl/N-ethyl adjacent to an activating group) is 1. The van der Waals surface area contributed by atoms with E-state index in [-0.39, 0.29) is 12.7 Å². The van der Waals surface area contributed by atoms with Crippen molar-refractivity contribution in [3.63, 3.8) is 0 Å². The fraction of sp³-hybridized carbons (Fsp3) is 0.591. The number of ether oxygens (including phenoxy) is 1. The van der Waals surface area contributed by atoms with Crippen LogP contribution in [0.15, 0.2) is 83.9 Å². The van der Waals surface area contributed by atoms with Crippen molar-refractivity contribution in [2.75, 3.05) is 73.1 Å². The van der Waals surface area contributed by atoms with Crippen molar-refractivity contribution < 1.29 is 14.6 Å². The summed E-state index contributed by atoms with van der Waals surface area (Å²) in [7, 11) is 3.82. The summed E-state index contributed by atoms with van der Waals surface area (Å²) < 4.78 is 5.45. The number of rotatable bonds is 15. The van der Waals surface area contributed by atoms with Gasteiger partial charge in [0.25, 0.3) is 0 Å². The maximum Gasteiger partial charge on any atom is 0.410 e. The van der Waals surface area contributed by atoms with Gasteiger partial charge in [0.2, 0.25) is 0 Å². The molecule has 2 heterocycles. The number of benzene rings is 1. The molecule has 1 fully saturated rings. The molecule has 0 saturated carbocycles. The van der Waals surface area contributed by atoms with Crippen molar-refractivity contribution in [1.29, 1.82) is 0 Å². The molecule has 11 heteroatoms. The number of nitrogens with zero attached hydrogens (tertiary/aromatic N) is 6. The molecule has 3 rings (SSSR count). The maximum absolute atomic E-state index is 12.3. The molecule has 2 aromatic rings. The van der Waals surface area contributed by atoms with Crippen LogP contribution in [0.25, 0.3) is 5.70 Å². The van der Waals surface area contributed by atoms with Gasteiger partial charge in [-0.1, -0.05) is 112 Å². The van der Waals surface area contributed by atoms with Crippen LogP contribution in [-0.2, 0) is 11.3 Å². The molecule has 3 N–H and O–H groups in total. The van der Waals surface area contributed by atoms with Crippen LogP contribution in [0.5, 0.6) is 0 Å². The van der Waals surface area contributed by atoms with Crippen molar-refractivity contribution in [1.82, 2.24) is 35.3 Å². The van der Waals surface area contributed by atoms with E-state index in [2.05, 4.69) is 68.4 Å². The standard InChI is InChI=1S/C20H28N2O2.C16H28N6O.4C2H6/c1-3-5-12-19(4-2)21-13-9-14-22(16-15-21)20(23)24-17-18-10-7-6-8-11-18;1-4-18-8-5-10-22(3)12-16(17-2)21-15(7-11-23)14-6-9-19-13-20-14;4*1-2/h3,5-8,10-12H,4,9,13-17H2,1-2H3;6-7,9,13,18,23H,4-5,8,10-12H2,1-3H3,(H,17,21);4*1-2H3/b5-3-,19-12+;15-7-;;;;. The minimum Gasteiger partial charge on any atom is -0.445 e. The van der Waals surface area contributed by atoms with E-state index in [0.717, 1.165) is 81.3 Å². The number of allylic oxidation sites excluding steroid dienone is 4. The molecular weight excluding hydrogens is 689 g/mol. The number of aliphatic hydroxyl groups is 1. The van der Waals surface area contributed by atoms with E-state index in [4.69, 9.17) is 4.74 Å². The average molecular weight is 769 g/mol. The number of amides is 1. The van der Waals surface area contributed by atoms with Gasteiger partial charge in [0.1, 0.15) is 18.8 Å². The molecule has 1 aromatic heterocycles. The first kappa shape index (κ1) is 55.3. The van der Waals surface area contributed by atoms with E-state index in [9.17, 15) is 9.90 Å². The van der Waals surface area contributed by atoms with Crippen molar-refractivity contribution in [2.24, 2.45) is 4.99 Å². The van der Waals surface area contributed by atoms with Crippen LogP contribution >= 0.6 is 0 Å². The molecule has 0 spiro atoms. The van der Waals surface area contributed by atoms with Gasteiger partial charge in [-0.25, -0.2) is 14.8 Å². The summed E-state index contributed by atoms with van der Waals surface area (Å²) in [6.45, 7) is 29.6. The molecule has 1 aromatic carbocycles. The second kappa shape index (κ2) is 41.1. The van der Waals surface area contributed by atoms with E-state index < -0.39 is 0 Å². The minimum atomic E-state index is -0.212. The van der Waals surface area contributed by atoms with Crippen molar-refractivity contribution in [2.45, 2.75) is 102 Å². The lowest BCUT2D eigenvalue weighted by Gasteiger charge is -2.25. The van der Waals surface area contributed by atoms with E-state index >= 15 is 0 Å². The fourth-order valence-electron chi connectivity index (χ4n) is 4.92. The van der Waals surface area contributed by atoms with Gasteiger partial charge < -0.3 is 30.3 Å². The van der Waals surface area contributed by atoms with Gasteiger partial charge in [-0.2, -0.15) is 0 Å². The molecule has 11 nitrogen and oxygen atoms in total. The van der Waals surface area contributed by atoms with E-state index in [0.29, 0.717) is 19.7 Å². The Hall–Kier alpha value is -4.06. The largest absolute Gasteiger partial charge is 0.445 e. The number of aromatic nitrogens is 2. The molecule has 0 aliphatic carbocycles. The van der Waals surface area contributed by atoms with Crippen LogP contribution < -0.4 is 10.6 Å². The first-order chi connectivity index (χ1) is 26.9. The molecule has 0 unspecified atom stereocenters. The van der Waals surface area contributed by atoms with E-state index in [1.807, 2.05) is 104 Å². The lowest BCUT2D eigenvalue weighted by Crippen LogP contribution is -2.36. The quantitative estimate of drug-likeness (QED) is 0.0708. The third-order valence-corrected chi connectivity index (χ3v) is 7.47. The number of carbonyl (C=O) groups excluding carboxylic acids is 1. The van der Waals surface area contributed by atoms with Crippen LogP contribution in [-0.4, -0.2) is 115 Å². The Morgan fingerprint density at radius 3 is 2.20 bits per heavy atom. The Kier molecular flexibility index (Phi) is 41.3. The zero-order chi connectivity index (χ0) is 42.1. The predicted molar refractivity (Wildman–Crippen MR) is 237 cm³/mol. The number of hydrogen-bond donors (Lipinski definition) is 3. The number of aliphatic hydroxyl groups excluding tert-OH is 1. The Morgan fingerprint density at radius 1 is 0.982 bits per heavy atom. The van der Waals surface area contributed by atoms with Crippen LogP contribution in [0.2, 0.25) is 0 Å². The van der Waals surface area contributed by atoms with Crippen LogP contribution in [0, 0.1) is 0 Å². The topological polar surface area (TPSA) is 118 Å². The molecule has 55 heavy (non-hydrogen) atoms. The van der Waals surface area contributed by atoms with Gasteiger partial charge in [0.05, 0.1) is 24.5 Å². The molecule has 0 atom stereocenters. The third-order valence-electron chi connectivity index (χ3n) is 7.47. The number of amidine groups is 1. The highest BCUT2D eigenvalue weighted by Crippen LogP contribution is 2.14. The second-order valence-corrected chi connectivity index (χ2v) is 11.0. The Morgan fingerprint density at radius 2 is 1.64 bits per heavy atom. The number of aliphatic imine (C=N–C) groups is 1. The zero-order valence-electron chi connectivity index (χ0n) is 37.1. The van der Waals surface area contributed by atoms with Crippen molar-refractivity contribution in [3.05, 3.63) is 90.2 Å². The summed E-state index contributed by atoms with van der Waals surface area (Å²) in [5.74, 6) is 0.828. The summed E-state index contributed by atoms with van der Waals surface area (Å²) in [5, 5.41) is 15.8. The molecule has 1 saturated heterocycles. The van der Waals surface area contributed by atoms with Gasteiger partial charge in [-0.05, 0) is 76.7 Å². The lowest BCUT2D eigenvalue weighted by atomic mass is 10.2. The second-order valence-electron chi connectivity index (χ2n) is 11.0. The molecule has 0 bridgehead atoms. The summed E-state index contributed by atoms with van der Waals surface area (Å²) in [6, 6.07) is 11.6. The molecule has 314 valence electrons. The number of carbonyl (C=O) groups is 1. The Labute approximate surface area is 337 Å². The van der Waals surface area contributed by atoms with Crippen molar-refractivity contribution >= 4 is 17.6 Å². The SMILES string of the molecule is C/C=C\C=C(/CC)N1CCCN(C(=O)OCc2ccccc2)CC1.CC.CC.CC.CC.CCNCCCN(C)CC(=NC)N/C(=C\CO)c1ccncn1. The highest BCUT2D eigenvalue weighted by Gasteiger charge is 2.21. The molecule has 0 radical (unpaired) electrons. The van der Waals surface area contributed by atoms with Crippen LogP contribution in [0.1, 0.15) is 107 Å². The number of nitrogens with one attached hydrogen (secondary N) is 2. The van der Waals surface area contributed by atoms with Crippen LogP contribution in [0.4, 0.5) is 4.79 Å². The summed E-state index contributed by atoms with van der Waals surface area (Å²) >= 11 is 0. The summed E-state index contributed by atoms with van der Waals surface area (Å²) in [6.07, 6.45) is 14.0. The van der Waals surface area contributed by atoms with E-state index in [1.54, 1.807) is 25.4 Å². The Bertz CT molecular complexity index is 1250. The fourth-order valence-corrected chi connectivity index (χ4v) is 4.92. The van der Waals surface area contributed by atoms with Crippen molar-refractivity contribution in [3.8, 4) is 0 Å². The normalized spacial score (nSPS) is 12.9. The van der Waals surface area contributed by atoms with E-state index in [1.165, 1.54) is 12.0 Å². The van der Waals surface area contributed by atoms with Gasteiger partial charge in [0, 0.05) is 45.1 Å².